The van der Waals surface area contributed by atoms with Crippen molar-refractivity contribution in [2.75, 3.05) is 0 Å². The Kier molecular flexibility index (Phi) is 3.67. The summed E-state index contributed by atoms with van der Waals surface area (Å²) in [6.07, 6.45) is 2.81. The number of hydrogen-bond donors (Lipinski definition) is 1. The predicted molar refractivity (Wildman–Crippen MR) is 64.7 cm³/mol. The number of hydrogen-bond acceptors (Lipinski definition) is 2. The Morgan fingerprint density at radius 2 is 2.00 bits per heavy atom. The van der Waals surface area contributed by atoms with Crippen LogP contribution in [-0.4, -0.2) is 16.1 Å². The van der Waals surface area contributed by atoms with Crippen LogP contribution < -0.4 is 0 Å². The lowest BCUT2D eigenvalue weighted by molar-refractivity contribution is -0.138. The van der Waals surface area contributed by atoms with E-state index in [1.54, 1.807) is 24.3 Å². The van der Waals surface area contributed by atoms with Gasteiger partial charge in [0.25, 0.3) is 0 Å². The molecule has 1 heterocycles. The number of pyridine rings is 1. The van der Waals surface area contributed by atoms with Gasteiger partial charge >= 0.3 is 5.97 Å². The van der Waals surface area contributed by atoms with Crippen LogP contribution in [-0.2, 0) is 11.2 Å². The van der Waals surface area contributed by atoms with Crippen molar-refractivity contribution in [3.05, 3.63) is 65.7 Å². The van der Waals surface area contributed by atoms with Crippen LogP contribution in [0.1, 0.15) is 17.0 Å². The van der Waals surface area contributed by atoms with Crippen LogP contribution in [0.25, 0.3) is 0 Å². The van der Waals surface area contributed by atoms with Gasteiger partial charge in [-0.25, -0.2) is 4.39 Å². The molecule has 2 aromatic rings. The van der Waals surface area contributed by atoms with Crippen LogP contribution in [0.4, 0.5) is 4.39 Å². The lowest BCUT2D eigenvalue weighted by Crippen LogP contribution is -2.14. The summed E-state index contributed by atoms with van der Waals surface area (Å²) in [6.45, 7) is 0. The lowest BCUT2D eigenvalue weighted by atomic mass is 9.93. The molecular formula is C14H12FNO2. The molecule has 1 atom stereocenters. The van der Waals surface area contributed by atoms with Crippen molar-refractivity contribution in [1.82, 2.24) is 4.98 Å². The maximum absolute atomic E-state index is 13.0. The highest BCUT2D eigenvalue weighted by atomic mass is 19.1. The minimum absolute atomic E-state index is 0.226. The van der Waals surface area contributed by atoms with Gasteiger partial charge in [-0.05, 0) is 23.6 Å². The van der Waals surface area contributed by atoms with Gasteiger partial charge in [-0.1, -0.05) is 30.3 Å². The highest BCUT2D eigenvalue weighted by molar-refractivity contribution is 5.76. The van der Waals surface area contributed by atoms with Crippen LogP contribution >= 0.6 is 0 Å². The van der Waals surface area contributed by atoms with Crippen LogP contribution in [0.5, 0.6) is 0 Å². The van der Waals surface area contributed by atoms with Crippen molar-refractivity contribution in [3.63, 3.8) is 0 Å². The van der Waals surface area contributed by atoms with Crippen LogP contribution in [0.2, 0.25) is 0 Å². The molecule has 0 radical (unpaired) electrons. The minimum Gasteiger partial charge on any atom is -0.481 e. The molecular weight excluding hydrogens is 233 g/mol. The topological polar surface area (TPSA) is 50.2 Å². The Morgan fingerprint density at radius 1 is 1.28 bits per heavy atom. The Labute approximate surface area is 104 Å². The number of aliphatic carboxylic acids is 1. The SMILES string of the molecule is O=C(O)C(Cc1cncc(F)c1)c1ccccc1. The first-order valence-corrected chi connectivity index (χ1v) is 5.54. The second kappa shape index (κ2) is 5.40. The zero-order chi connectivity index (χ0) is 13.0. The van der Waals surface area contributed by atoms with E-state index in [-0.39, 0.29) is 6.42 Å². The summed E-state index contributed by atoms with van der Waals surface area (Å²) in [6, 6.07) is 10.2. The number of carbonyl (C=O) groups is 1. The van der Waals surface area contributed by atoms with Gasteiger partial charge in [-0.2, -0.15) is 0 Å². The summed E-state index contributed by atoms with van der Waals surface area (Å²) in [5.41, 5.74) is 1.28. The van der Waals surface area contributed by atoms with Crippen LogP contribution in [0.15, 0.2) is 48.8 Å². The van der Waals surface area contributed by atoms with Crippen molar-refractivity contribution in [2.45, 2.75) is 12.3 Å². The zero-order valence-corrected chi connectivity index (χ0v) is 9.58. The smallest absolute Gasteiger partial charge is 0.311 e. The quantitative estimate of drug-likeness (QED) is 0.900. The third-order valence-electron chi connectivity index (χ3n) is 2.70. The second-order valence-corrected chi connectivity index (χ2v) is 4.02. The Hall–Kier alpha value is -2.23. The van der Waals surface area contributed by atoms with E-state index in [1.807, 2.05) is 6.07 Å². The van der Waals surface area contributed by atoms with Crippen LogP contribution in [0.3, 0.4) is 0 Å². The normalized spacial score (nSPS) is 12.1. The third-order valence-corrected chi connectivity index (χ3v) is 2.70. The van der Waals surface area contributed by atoms with Crippen molar-refractivity contribution in [1.29, 1.82) is 0 Å². The summed E-state index contributed by atoms with van der Waals surface area (Å²) in [7, 11) is 0. The molecule has 1 aromatic carbocycles. The number of rotatable bonds is 4. The molecule has 0 saturated carbocycles. The summed E-state index contributed by atoms with van der Waals surface area (Å²) < 4.78 is 13.0. The molecule has 0 bridgehead atoms. The van der Waals surface area contributed by atoms with E-state index in [2.05, 4.69) is 4.98 Å². The van der Waals surface area contributed by atoms with E-state index < -0.39 is 17.7 Å². The number of aromatic nitrogens is 1. The molecule has 1 unspecified atom stereocenters. The third kappa shape index (κ3) is 2.91. The van der Waals surface area contributed by atoms with Gasteiger partial charge in [-0.15, -0.1) is 0 Å². The Morgan fingerprint density at radius 3 is 2.61 bits per heavy atom. The number of halogens is 1. The molecule has 3 nitrogen and oxygen atoms in total. The molecule has 0 aliphatic rings. The molecule has 4 heteroatoms. The number of carboxylic acid groups (broad SMARTS) is 1. The molecule has 18 heavy (non-hydrogen) atoms. The molecule has 0 amide bonds. The molecule has 92 valence electrons. The van der Waals surface area contributed by atoms with Gasteiger partial charge in [0.2, 0.25) is 0 Å². The second-order valence-electron chi connectivity index (χ2n) is 4.02. The van der Waals surface area contributed by atoms with Gasteiger partial charge in [-0.3, -0.25) is 9.78 Å². The number of carboxylic acids is 1. The fraction of sp³-hybridized carbons (Fsp3) is 0.143. The maximum Gasteiger partial charge on any atom is 0.311 e. The van der Waals surface area contributed by atoms with Crippen molar-refractivity contribution < 1.29 is 14.3 Å². The lowest BCUT2D eigenvalue weighted by Gasteiger charge is -2.12. The fourth-order valence-corrected chi connectivity index (χ4v) is 1.84. The van der Waals surface area contributed by atoms with E-state index >= 15 is 0 Å². The van der Waals surface area contributed by atoms with E-state index in [4.69, 9.17) is 0 Å². The molecule has 0 saturated heterocycles. The van der Waals surface area contributed by atoms with E-state index in [1.165, 1.54) is 12.3 Å². The van der Waals surface area contributed by atoms with E-state index in [0.717, 1.165) is 6.20 Å². The molecule has 0 fully saturated rings. The van der Waals surface area contributed by atoms with Crippen LogP contribution in [0, 0.1) is 5.82 Å². The highest BCUT2D eigenvalue weighted by Crippen LogP contribution is 2.21. The zero-order valence-electron chi connectivity index (χ0n) is 9.58. The fourth-order valence-electron chi connectivity index (χ4n) is 1.84. The van der Waals surface area contributed by atoms with Gasteiger partial charge in [0.15, 0.2) is 0 Å². The molecule has 0 spiro atoms. The average molecular weight is 245 g/mol. The summed E-state index contributed by atoms with van der Waals surface area (Å²) in [4.78, 5) is 15.0. The first-order valence-electron chi connectivity index (χ1n) is 5.54. The minimum atomic E-state index is -0.925. The largest absolute Gasteiger partial charge is 0.481 e. The predicted octanol–water partition coefficient (Wildman–Crippen LogP) is 2.63. The van der Waals surface area contributed by atoms with Gasteiger partial charge in [0.05, 0.1) is 12.1 Å². The Balaban J connectivity index is 2.25. The van der Waals surface area contributed by atoms with Gasteiger partial charge in [0.1, 0.15) is 5.82 Å². The Bertz CT molecular complexity index is 543. The van der Waals surface area contributed by atoms with Crippen molar-refractivity contribution >= 4 is 5.97 Å². The average Bonchev–Trinajstić information content (AvgIpc) is 2.37. The first kappa shape index (κ1) is 12.2. The monoisotopic (exact) mass is 245 g/mol. The molecule has 1 N–H and O–H groups in total. The summed E-state index contributed by atoms with van der Waals surface area (Å²) in [5.74, 6) is -2.06. The standard InChI is InChI=1S/C14H12FNO2/c15-12-6-10(8-16-9-12)7-13(14(17)18)11-4-2-1-3-5-11/h1-6,8-9,13H,7H2,(H,17,18). The number of nitrogens with zero attached hydrogens (tertiary/aromatic N) is 1. The molecule has 2 rings (SSSR count). The molecule has 1 aromatic heterocycles. The number of benzene rings is 1. The van der Waals surface area contributed by atoms with E-state index in [0.29, 0.717) is 11.1 Å². The van der Waals surface area contributed by atoms with Crippen molar-refractivity contribution in [2.24, 2.45) is 0 Å². The summed E-state index contributed by atoms with van der Waals surface area (Å²) >= 11 is 0. The summed E-state index contributed by atoms with van der Waals surface area (Å²) in [5, 5.41) is 9.24. The van der Waals surface area contributed by atoms with Crippen molar-refractivity contribution in [3.8, 4) is 0 Å². The van der Waals surface area contributed by atoms with E-state index in [9.17, 15) is 14.3 Å². The molecule has 0 aliphatic heterocycles. The molecule has 0 aliphatic carbocycles. The first-order chi connectivity index (χ1) is 8.66. The van der Waals surface area contributed by atoms with Gasteiger partial charge < -0.3 is 5.11 Å². The maximum atomic E-state index is 13.0. The van der Waals surface area contributed by atoms with Gasteiger partial charge in [0, 0.05) is 6.20 Å². The highest BCUT2D eigenvalue weighted by Gasteiger charge is 2.20.